The van der Waals surface area contributed by atoms with Gasteiger partial charge in [0.2, 0.25) is 5.91 Å². The topological polar surface area (TPSA) is 32.3 Å². The number of carbonyl (C=O) groups excluding carboxylic acids is 1. The van der Waals surface area contributed by atoms with Gasteiger partial charge < -0.3 is 10.2 Å². The van der Waals surface area contributed by atoms with Crippen molar-refractivity contribution in [2.45, 2.75) is 57.2 Å². The minimum absolute atomic E-state index is 0.358. The Balaban J connectivity index is 1.39. The molecule has 0 spiro atoms. The third-order valence-electron chi connectivity index (χ3n) is 5.60. The maximum atomic E-state index is 12.7. The predicted molar refractivity (Wildman–Crippen MR) is 90.5 cm³/mol. The highest BCUT2D eigenvalue weighted by Crippen LogP contribution is 2.33. The van der Waals surface area contributed by atoms with Crippen LogP contribution in [0, 0.1) is 5.92 Å². The highest BCUT2D eigenvalue weighted by Gasteiger charge is 2.35. The molecular weight excluding hydrogens is 340 g/mol. The quantitative estimate of drug-likeness (QED) is 0.875. The molecule has 2 fully saturated rings. The lowest BCUT2D eigenvalue weighted by atomic mass is 9.89. The molecule has 0 aliphatic carbocycles. The molecule has 1 N–H and O–H groups in total. The lowest BCUT2D eigenvalue weighted by molar-refractivity contribution is -0.133. The van der Waals surface area contributed by atoms with Crippen LogP contribution in [0.1, 0.15) is 43.2 Å². The number of rotatable bonds is 2. The minimum atomic E-state index is 0.358. The summed E-state index contributed by atoms with van der Waals surface area (Å²) >= 11 is 3.63. The van der Waals surface area contributed by atoms with Gasteiger partial charge in [0, 0.05) is 36.1 Å². The van der Waals surface area contributed by atoms with Crippen LogP contribution in [0.15, 0.2) is 22.7 Å². The van der Waals surface area contributed by atoms with Gasteiger partial charge in [-0.1, -0.05) is 28.1 Å². The van der Waals surface area contributed by atoms with Gasteiger partial charge in [0.25, 0.3) is 0 Å². The van der Waals surface area contributed by atoms with Gasteiger partial charge >= 0.3 is 0 Å². The summed E-state index contributed by atoms with van der Waals surface area (Å²) < 4.78 is 1.19. The van der Waals surface area contributed by atoms with Crippen LogP contribution < -0.4 is 5.32 Å². The van der Waals surface area contributed by atoms with Gasteiger partial charge in [-0.3, -0.25) is 4.79 Å². The Labute approximate surface area is 140 Å². The number of carbonyl (C=O) groups is 1. The van der Waals surface area contributed by atoms with Gasteiger partial charge in [0.15, 0.2) is 0 Å². The number of halogens is 1. The van der Waals surface area contributed by atoms with E-state index in [2.05, 4.69) is 44.3 Å². The zero-order valence-corrected chi connectivity index (χ0v) is 14.4. The van der Waals surface area contributed by atoms with Crippen molar-refractivity contribution in [1.29, 1.82) is 0 Å². The zero-order valence-electron chi connectivity index (χ0n) is 12.9. The fraction of sp³-hybridized carbons (Fsp3) is 0.611. The first kappa shape index (κ1) is 14.7. The molecule has 4 heteroatoms. The van der Waals surface area contributed by atoms with Crippen molar-refractivity contribution in [3.63, 3.8) is 0 Å². The monoisotopic (exact) mass is 362 g/mol. The van der Waals surface area contributed by atoms with Gasteiger partial charge in [-0.25, -0.2) is 0 Å². The van der Waals surface area contributed by atoms with Crippen LogP contribution in [0.4, 0.5) is 0 Å². The molecule has 4 rings (SSSR count). The Bertz CT molecular complexity index is 576. The molecule has 2 atom stereocenters. The molecule has 22 heavy (non-hydrogen) atoms. The van der Waals surface area contributed by atoms with E-state index in [4.69, 9.17) is 0 Å². The van der Waals surface area contributed by atoms with Crippen LogP contribution in [0.25, 0.3) is 0 Å². The van der Waals surface area contributed by atoms with Gasteiger partial charge in [0.1, 0.15) is 0 Å². The molecule has 1 amide bonds. The number of amides is 1. The molecule has 0 radical (unpaired) electrons. The molecule has 3 heterocycles. The fourth-order valence-corrected chi connectivity index (χ4v) is 5.10. The molecular formula is C18H23BrN2O. The van der Waals surface area contributed by atoms with Crippen LogP contribution >= 0.6 is 15.9 Å². The summed E-state index contributed by atoms with van der Waals surface area (Å²) in [5.41, 5.74) is 2.69. The standard InChI is InChI=1S/C18H23BrN2O/c19-17-3-1-2-13-11-21(7-6-16(13)17)18(22)10-12-8-14-4-5-15(9-12)20-14/h1-3,12,14-15,20H,4-11H2. The second-order valence-corrected chi connectivity index (χ2v) is 7.98. The van der Waals surface area contributed by atoms with E-state index in [0.717, 1.165) is 25.9 Å². The predicted octanol–water partition coefficient (Wildman–Crippen LogP) is 3.25. The van der Waals surface area contributed by atoms with Crippen LogP contribution in [0.2, 0.25) is 0 Å². The number of hydrogen-bond donors (Lipinski definition) is 1. The molecule has 3 aliphatic heterocycles. The van der Waals surface area contributed by atoms with Crippen LogP contribution in [-0.4, -0.2) is 29.4 Å². The average Bonchev–Trinajstić information content (AvgIpc) is 2.86. The second kappa shape index (κ2) is 5.97. The Morgan fingerprint density at radius 2 is 2.05 bits per heavy atom. The first-order valence-electron chi connectivity index (χ1n) is 8.49. The SMILES string of the molecule is O=C(CC1CC2CCC(C1)N2)N1CCc2c(Br)cccc2C1. The summed E-state index contributed by atoms with van der Waals surface area (Å²) in [6.45, 7) is 1.65. The smallest absolute Gasteiger partial charge is 0.223 e. The Kier molecular flexibility index (Phi) is 3.99. The summed E-state index contributed by atoms with van der Waals surface area (Å²) in [4.78, 5) is 14.8. The molecule has 2 unspecified atom stereocenters. The molecule has 118 valence electrons. The van der Waals surface area contributed by atoms with Crippen molar-refractivity contribution in [1.82, 2.24) is 10.2 Å². The third-order valence-corrected chi connectivity index (χ3v) is 6.34. The third kappa shape index (κ3) is 2.83. The summed E-state index contributed by atoms with van der Waals surface area (Å²) in [7, 11) is 0. The van der Waals surface area contributed by atoms with Crippen molar-refractivity contribution in [2.75, 3.05) is 6.54 Å². The van der Waals surface area contributed by atoms with Gasteiger partial charge in [0.05, 0.1) is 0 Å². The highest BCUT2D eigenvalue weighted by molar-refractivity contribution is 9.10. The zero-order chi connectivity index (χ0) is 15.1. The maximum absolute atomic E-state index is 12.7. The van der Waals surface area contributed by atoms with E-state index in [1.54, 1.807) is 0 Å². The van der Waals surface area contributed by atoms with Crippen LogP contribution in [-0.2, 0) is 17.8 Å². The van der Waals surface area contributed by atoms with Crippen molar-refractivity contribution in [3.05, 3.63) is 33.8 Å². The van der Waals surface area contributed by atoms with E-state index in [9.17, 15) is 4.79 Å². The Morgan fingerprint density at radius 1 is 1.27 bits per heavy atom. The summed E-state index contributed by atoms with van der Waals surface area (Å²) in [6.07, 6.45) is 6.72. The average molecular weight is 363 g/mol. The van der Waals surface area contributed by atoms with E-state index in [-0.39, 0.29) is 0 Å². The number of nitrogens with one attached hydrogen (secondary N) is 1. The van der Waals surface area contributed by atoms with Crippen LogP contribution in [0.5, 0.6) is 0 Å². The number of benzene rings is 1. The molecule has 0 aromatic heterocycles. The van der Waals surface area contributed by atoms with E-state index in [1.807, 2.05) is 0 Å². The Morgan fingerprint density at radius 3 is 2.82 bits per heavy atom. The number of hydrogen-bond acceptors (Lipinski definition) is 2. The van der Waals surface area contributed by atoms with Crippen LogP contribution in [0.3, 0.4) is 0 Å². The lowest BCUT2D eigenvalue weighted by Crippen LogP contribution is -2.41. The molecule has 2 bridgehead atoms. The van der Waals surface area contributed by atoms with Crippen molar-refractivity contribution >= 4 is 21.8 Å². The van der Waals surface area contributed by atoms with Crippen molar-refractivity contribution in [3.8, 4) is 0 Å². The van der Waals surface area contributed by atoms with Crippen molar-refractivity contribution < 1.29 is 4.79 Å². The van der Waals surface area contributed by atoms with Gasteiger partial charge in [-0.05, 0) is 55.2 Å². The normalized spacial score (nSPS) is 30.2. The Hall–Kier alpha value is -0.870. The molecule has 1 aromatic carbocycles. The molecule has 3 aliphatic rings. The maximum Gasteiger partial charge on any atom is 0.223 e. The van der Waals surface area contributed by atoms with Gasteiger partial charge in [-0.15, -0.1) is 0 Å². The van der Waals surface area contributed by atoms with E-state index in [1.165, 1.54) is 41.3 Å². The largest absolute Gasteiger partial charge is 0.338 e. The molecule has 2 saturated heterocycles. The minimum Gasteiger partial charge on any atom is -0.338 e. The van der Waals surface area contributed by atoms with Gasteiger partial charge in [-0.2, -0.15) is 0 Å². The van der Waals surface area contributed by atoms with E-state index >= 15 is 0 Å². The summed E-state index contributed by atoms with van der Waals surface area (Å²) in [6, 6.07) is 7.68. The first-order valence-corrected chi connectivity index (χ1v) is 9.28. The highest BCUT2D eigenvalue weighted by atomic mass is 79.9. The van der Waals surface area contributed by atoms with E-state index < -0.39 is 0 Å². The number of nitrogens with zero attached hydrogens (tertiary/aromatic N) is 1. The molecule has 0 saturated carbocycles. The van der Waals surface area contributed by atoms with Crippen molar-refractivity contribution in [2.24, 2.45) is 5.92 Å². The molecule has 1 aromatic rings. The van der Waals surface area contributed by atoms with E-state index in [0.29, 0.717) is 23.9 Å². The lowest BCUT2D eigenvalue weighted by Gasteiger charge is -2.33. The summed E-state index contributed by atoms with van der Waals surface area (Å²) in [5.74, 6) is 0.951. The number of piperidine rings is 1. The molecule has 3 nitrogen and oxygen atoms in total. The number of fused-ring (bicyclic) bond motifs is 3. The first-order chi connectivity index (χ1) is 10.7. The fourth-order valence-electron chi connectivity index (χ4n) is 4.49. The summed E-state index contributed by atoms with van der Waals surface area (Å²) in [5, 5.41) is 3.66. The second-order valence-electron chi connectivity index (χ2n) is 7.12.